The molecule has 19 heavy (non-hydrogen) atoms. The summed E-state index contributed by atoms with van der Waals surface area (Å²) in [6.45, 7) is 8.09. The molecular weight excluding hydrogens is 238 g/mol. The molecule has 1 atom stereocenters. The molecule has 4 nitrogen and oxygen atoms in total. The molecule has 1 aliphatic heterocycles. The Hall–Kier alpha value is -0.610. The molecule has 0 spiro atoms. The van der Waals surface area contributed by atoms with Crippen LogP contribution in [-0.4, -0.2) is 43.0 Å². The van der Waals surface area contributed by atoms with E-state index in [4.69, 9.17) is 5.73 Å². The van der Waals surface area contributed by atoms with Gasteiger partial charge < -0.3 is 16.0 Å². The zero-order chi connectivity index (χ0) is 13.9. The lowest BCUT2D eigenvalue weighted by Crippen LogP contribution is -2.45. The second-order valence-corrected chi connectivity index (χ2v) is 6.64. The normalized spacial score (nSPS) is 27.1. The monoisotopic (exact) mass is 267 g/mol. The zero-order valence-electron chi connectivity index (χ0n) is 12.5. The molecule has 1 aliphatic carbocycles. The predicted octanol–water partition coefficient (Wildman–Crippen LogP) is 1.35. The minimum absolute atomic E-state index is 0.204. The minimum atomic E-state index is -0.254. The molecule has 2 rings (SSSR count). The number of hydrogen-bond acceptors (Lipinski definition) is 3. The summed E-state index contributed by atoms with van der Waals surface area (Å²) in [4.78, 5) is 14.9. The Morgan fingerprint density at radius 1 is 1.42 bits per heavy atom. The van der Waals surface area contributed by atoms with Crippen molar-refractivity contribution in [2.24, 2.45) is 17.1 Å². The summed E-state index contributed by atoms with van der Waals surface area (Å²) in [6, 6.07) is 0.617. The van der Waals surface area contributed by atoms with Crippen molar-refractivity contribution >= 4 is 5.91 Å². The number of amides is 1. The largest absolute Gasteiger partial charge is 0.355 e. The highest BCUT2D eigenvalue weighted by atomic mass is 16.2. The molecule has 4 heteroatoms. The first-order chi connectivity index (χ1) is 9.07. The number of hydrogen-bond donors (Lipinski definition) is 2. The van der Waals surface area contributed by atoms with Gasteiger partial charge in [-0.2, -0.15) is 0 Å². The van der Waals surface area contributed by atoms with Crippen LogP contribution in [0.25, 0.3) is 0 Å². The average Bonchev–Trinajstić information content (AvgIpc) is 3.05. The Balaban J connectivity index is 1.78. The van der Waals surface area contributed by atoms with Gasteiger partial charge >= 0.3 is 0 Å². The molecule has 1 unspecified atom stereocenters. The van der Waals surface area contributed by atoms with E-state index in [1.807, 2.05) is 0 Å². The van der Waals surface area contributed by atoms with Gasteiger partial charge in [0.15, 0.2) is 0 Å². The summed E-state index contributed by atoms with van der Waals surface area (Å²) in [6.07, 6.45) is 5.44. The molecule has 0 aromatic carbocycles. The molecule has 0 bridgehead atoms. The van der Waals surface area contributed by atoms with Crippen molar-refractivity contribution in [2.45, 2.75) is 52.0 Å². The molecule has 1 heterocycles. The lowest BCUT2D eigenvalue weighted by molar-refractivity contribution is -0.130. The van der Waals surface area contributed by atoms with Crippen molar-refractivity contribution in [1.29, 1.82) is 0 Å². The van der Waals surface area contributed by atoms with Gasteiger partial charge in [-0.25, -0.2) is 0 Å². The van der Waals surface area contributed by atoms with Gasteiger partial charge in [-0.1, -0.05) is 12.8 Å². The smallest absolute Gasteiger partial charge is 0.227 e. The van der Waals surface area contributed by atoms with Gasteiger partial charge in [-0.05, 0) is 45.6 Å². The highest BCUT2D eigenvalue weighted by Gasteiger charge is 2.40. The summed E-state index contributed by atoms with van der Waals surface area (Å²) >= 11 is 0. The molecule has 1 saturated heterocycles. The van der Waals surface area contributed by atoms with Gasteiger partial charge in [0.2, 0.25) is 5.91 Å². The number of nitrogens with zero attached hydrogens (tertiary/aromatic N) is 1. The van der Waals surface area contributed by atoms with E-state index in [-0.39, 0.29) is 11.3 Å². The number of carbonyl (C=O) groups is 1. The van der Waals surface area contributed by atoms with Gasteiger partial charge in [0, 0.05) is 25.7 Å². The van der Waals surface area contributed by atoms with E-state index in [1.54, 1.807) is 0 Å². The lowest BCUT2D eigenvalue weighted by Gasteiger charge is -2.26. The predicted molar refractivity (Wildman–Crippen MR) is 77.8 cm³/mol. The van der Waals surface area contributed by atoms with Gasteiger partial charge in [-0.3, -0.25) is 4.79 Å². The number of carbonyl (C=O) groups excluding carboxylic acids is 1. The van der Waals surface area contributed by atoms with Crippen LogP contribution in [0.4, 0.5) is 0 Å². The van der Waals surface area contributed by atoms with Crippen molar-refractivity contribution in [3.05, 3.63) is 0 Å². The fourth-order valence-corrected chi connectivity index (χ4v) is 3.50. The Morgan fingerprint density at radius 2 is 2.11 bits per heavy atom. The van der Waals surface area contributed by atoms with Crippen LogP contribution in [0.3, 0.4) is 0 Å². The molecule has 2 fully saturated rings. The maximum absolute atomic E-state index is 12.4. The van der Waals surface area contributed by atoms with Crippen LogP contribution in [0.2, 0.25) is 0 Å². The minimum Gasteiger partial charge on any atom is -0.355 e. The SMILES string of the molecule is CC(C)N1CCC(CNC(=O)C2(CN)CCCC2)C1. The van der Waals surface area contributed by atoms with Crippen molar-refractivity contribution in [2.75, 3.05) is 26.2 Å². The van der Waals surface area contributed by atoms with Crippen molar-refractivity contribution in [1.82, 2.24) is 10.2 Å². The van der Waals surface area contributed by atoms with Crippen molar-refractivity contribution in [3.63, 3.8) is 0 Å². The van der Waals surface area contributed by atoms with E-state index in [9.17, 15) is 4.79 Å². The van der Waals surface area contributed by atoms with Crippen LogP contribution in [0.5, 0.6) is 0 Å². The van der Waals surface area contributed by atoms with Crippen molar-refractivity contribution < 1.29 is 4.79 Å². The molecule has 0 aromatic rings. The summed E-state index contributed by atoms with van der Waals surface area (Å²) in [5.74, 6) is 0.818. The first-order valence-corrected chi connectivity index (χ1v) is 7.80. The summed E-state index contributed by atoms with van der Waals surface area (Å²) in [5.41, 5.74) is 5.59. The Kier molecular flexibility index (Phi) is 4.85. The van der Waals surface area contributed by atoms with Crippen LogP contribution >= 0.6 is 0 Å². The second-order valence-electron chi connectivity index (χ2n) is 6.64. The molecular formula is C15H29N3O. The van der Waals surface area contributed by atoms with E-state index in [2.05, 4.69) is 24.1 Å². The van der Waals surface area contributed by atoms with Crippen LogP contribution < -0.4 is 11.1 Å². The third-order valence-electron chi connectivity index (χ3n) is 5.03. The molecule has 3 N–H and O–H groups in total. The quantitative estimate of drug-likeness (QED) is 0.790. The fourth-order valence-electron chi connectivity index (χ4n) is 3.50. The van der Waals surface area contributed by atoms with Gasteiger partial charge in [-0.15, -0.1) is 0 Å². The van der Waals surface area contributed by atoms with E-state index in [0.29, 0.717) is 18.5 Å². The molecule has 0 radical (unpaired) electrons. The fraction of sp³-hybridized carbons (Fsp3) is 0.933. The molecule has 1 amide bonds. The summed E-state index contributed by atoms with van der Waals surface area (Å²) in [7, 11) is 0. The van der Waals surface area contributed by atoms with Crippen LogP contribution in [-0.2, 0) is 4.79 Å². The number of rotatable bonds is 5. The van der Waals surface area contributed by atoms with Gasteiger partial charge in [0.05, 0.1) is 5.41 Å². The van der Waals surface area contributed by atoms with Gasteiger partial charge in [0.1, 0.15) is 0 Å². The summed E-state index contributed by atoms with van der Waals surface area (Å²) < 4.78 is 0. The van der Waals surface area contributed by atoms with Gasteiger partial charge in [0.25, 0.3) is 0 Å². The third kappa shape index (κ3) is 3.29. The molecule has 2 aliphatic rings. The highest BCUT2D eigenvalue weighted by molar-refractivity contribution is 5.83. The Morgan fingerprint density at radius 3 is 2.63 bits per heavy atom. The number of likely N-dealkylation sites (tertiary alicyclic amines) is 1. The van der Waals surface area contributed by atoms with Crippen LogP contribution in [0.15, 0.2) is 0 Å². The maximum Gasteiger partial charge on any atom is 0.227 e. The standard InChI is InChI=1S/C15H29N3O/c1-12(2)18-8-5-13(10-18)9-17-14(19)15(11-16)6-3-4-7-15/h12-13H,3-11,16H2,1-2H3,(H,17,19). The van der Waals surface area contributed by atoms with E-state index in [0.717, 1.165) is 38.8 Å². The molecule has 0 aromatic heterocycles. The zero-order valence-corrected chi connectivity index (χ0v) is 12.5. The molecule has 1 saturated carbocycles. The summed E-state index contributed by atoms with van der Waals surface area (Å²) in [5, 5.41) is 3.17. The molecule has 110 valence electrons. The second kappa shape index (κ2) is 6.23. The van der Waals surface area contributed by atoms with Crippen LogP contribution in [0.1, 0.15) is 46.0 Å². The highest BCUT2D eigenvalue weighted by Crippen LogP contribution is 2.37. The third-order valence-corrected chi connectivity index (χ3v) is 5.03. The Labute approximate surface area is 117 Å². The number of nitrogens with two attached hydrogens (primary N) is 1. The van der Waals surface area contributed by atoms with E-state index in [1.165, 1.54) is 13.0 Å². The van der Waals surface area contributed by atoms with Crippen LogP contribution in [0, 0.1) is 11.3 Å². The first-order valence-electron chi connectivity index (χ1n) is 7.80. The lowest BCUT2D eigenvalue weighted by atomic mass is 9.85. The van der Waals surface area contributed by atoms with Crippen molar-refractivity contribution in [3.8, 4) is 0 Å². The topological polar surface area (TPSA) is 58.4 Å². The number of nitrogens with one attached hydrogen (secondary N) is 1. The van der Waals surface area contributed by atoms with E-state index < -0.39 is 0 Å². The van der Waals surface area contributed by atoms with E-state index >= 15 is 0 Å². The first kappa shape index (κ1) is 14.8. The average molecular weight is 267 g/mol. The Bertz CT molecular complexity index is 311. The maximum atomic E-state index is 12.4.